The van der Waals surface area contributed by atoms with Crippen LogP contribution in [0, 0.1) is 5.82 Å². The molecule has 0 bridgehead atoms. The van der Waals surface area contributed by atoms with E-state index in [0.717, 1.165) is 0 Å². The van der Waals surface area contributed by atoms with E-state index in [1.54, 1.807) is 20.8 Å². The van der Waals surface area contributed by atoms with Gasteiger partial charge in [-0.25, -0.2) is 13.6 Å². The zero-order chi connectivity index (χ0) is 13.8. The molecule has 1 rings (SSSR count). The van der Waals surface area contributed by atoms with Gasteiger partial charge in [0.05, 0.1) is 6.04 Å². The van der Waals surface area contributed by atoms with Crippen LogP contribution in [0.5, 0.6) is 0 Å². The van der Waals surface area contributed by atoms with Crippen LogP contribution in [0.4, 0.5) is 13.6 Å². The Morgan fingerprint density at radius 3 is 2.33 bits per heavy atom. The van der Waals surface area contributed by atoms with E-state index in [1.807, 2.05) is 0 Å². The molecule has 3 nitrogen and oxygen atoms in total. The van der Waals surface area contributed by atoms with Gasteiger partial charge in [-0.2, -0.15) is 0 Å². The number of ether oxygens (including phenoxy) is 1. The zero-order valence-corrected chi connectivity index (χ0v) is 10.7. The first-order chi connectivity index (χ1) is 8.31. The van der Waals surface area contributed by atoms with Gasteiger partial charge in [-0.05, 0) is 38.5 Å². The Balaban J connectivity index is 2.68. The number of alkyl halides is 1. The second-order valence-corrected chi connectivity index (χ2v) is 4.90. The van der Waals surface area contributed by atoms with Gasteiger partial charge in [0.1, 0.15) is 18.1 Å². The summed E-state index contributed by atoms with van der Waals surface area (Å²) in [5.74, 6) is -0.409. The fourth-order valence-electron chi connectivity index (χ4n) is 1.36. The lowest BCUT2D eigenvalue weighted by Gasteiger charge is -2.22. The summed E-state index contributed by atoms with van der Waals surface area (Å²) >= 11 is 0. The molecule has 0 heterocycles. The number of benzene rings is 1. The van der Waals surface area contributed by atoms with Gasteiger partial charge in [-0.1, -0.05) is 12.1 Å². The summed E-state index contributed by atoms with van der Waals surface area (Å²) in [6, 6.07) is 4.46. The molecule has 0 saturated carbocycles. The Labute approximate surface area is 105 Å². The van der Waals surface area contributed by atoms with Crippen molar-refractivity contribution in [3.05, 3.63) is 35.6 Å². The van der Waals surface area contributed by atoms with Crippen molar-refractivity contribution in [1.29, 1.82) is 0 Å². The fraction of sp³-hybridized carbons (Fsp3) is 0.462. The van der Waals surface area contributed by atoms with Crippen LogP contribution >= 0.6 is 0 Å². The smallest absolute Gasteiger partial charge is 0.408 e. The molecule has 18 heavy (non-hydrogen) atoms. The first kappa shape index (κ1) is 14.4. The van der Waals surface area contributed by atoms with E-state index in [4.69, 9.17) is 4.74 Å². The van der Waals surface area contributed by atoms with Crippen LogP contribution in [0.15, 0.2) is 24.3 Å². The highest BCUT2D eigenvalue weighted by atomic mass is 19.1. The summed E-state index contributed by atoms with van der Waals surface area (Å²) in [6.07, 6.45) is -0.700. The summed E-state index contributed by atoms with van der Waals surface area (Å²) in [5.41, 5.74) is -0.155. The Kier molecular flexibility index (Phi) is 4.64. The van der Waals surface area contributed by atoms with Crippen LogP contribution in [-0.4, -0.2) is 18.4 Å². The maximum atomic E-state index is 12.9. The van der Waals surface area contributed by atoms with Crippen molar-refractivity contribution in [1.82, 2.24) is 5.32 Å². The number of alkyl carbamates (subject to hydrolysis) is 1. The molecular weight excluding hydrogens is 240 g/mol. The Bertz CT molecular complexity index is 398. The molecule has 0 aromatic heterocycles. The Hall–Kier alpha value is -1.65. The molecular formula is C13H17F2NO2. The van der Waals surface area contributed by atoms with Crippen LogP contribution < -0.4 is 5.32 Å². The van der Waals surface area contributed by atoms with Gasteiger partial charge in [-0.15, -0.1) is 0 Å². The van der Waals surface area contributed by atoms with Crippen LogP contribution in [0.2, 0.25) is 0 Å². The van der Waals surface area contributed by atoms with Crippen LogP contribution in [0.25, 0.3) is 0 Å². The molecule has 100 valence electrons. The highest BCUT2D eigenvalue weighted by molar-refractivity contribution is 5.68. The fourth-order valence-corrected chi connectivity index (χ4v) is 1.36. The number of halogens is 2. The first-order valence-corrected chi connectivity index (χ1v) is 5.63. The summed E-state index contributed by atoms with van der Waals surface area (Å²) in [4.78, 5) is 11.5. The molecule has 1 aromatic rings. The normalized spacial score (nSPS) is 12.9. The van der Waals surface area contributed by atoms with Crippen molar-refractivity contribution in [2.24, 2.45) is 0 Å². The topological polar surface area (TPSA) is 38.3 Å². The summed E-state index contributed by atoms with van der Waals surface area (Å²) in [7, 11) is 0. The number of hydrogen-bond acceptors (Lipinski definition) is 2. The van der Waals surface area contributed by atoms with E-state index in [-0.39, 0.29) is 0 Å². The monoisotopic (exact) mass is 257 g/mol. The SMILES string of the molecule is CC(C)(C)OC(=O)NC(CF)c1ccc(F)cc1. The predicted octanol–water partition coefficient (Wildman–Crippen LogP) is 3.36. The number of nitrogens with one attached hydrogen (secondary N) is 1. The van der Waals surface area contributed by atoms with Gasteiger partial charge in [0, 0.05) is 0 Å². The van der Waals surface area contributed by atoms with Crippen molar-refractivity contribution < 1.29 is 18.3 Å². The minimum absolute atomic E-state index is 0.409. The van der Waals surface area contributed by atoms with Crippen molar-refractivity contribution in [3.8, 4) is 0 Å². The molecule has 0 aliphatic carbocycles. The quantitative estimate of drug-likeness (QED) is 0.901. The number of carbonyl (C=O) groups is 1. The number of amides is 1. The molecule has 0 aliphatic heterocycles. The lowest BCUT2D eigenvalue weighted by Crippen LogP contribution is -2.35. The molecule has 1 aromatic carbocycles. The predicted molar refractivity (Wildman–Crippen MR) is 64.5 cm³/mol. The van der Waals surface area contributed by atoms with Crippen molar-refractivity contribution in [2.45, 2.75) is 32.4 Å². The summed E-state index contributed by atoms with van der Waals surface area (Å²) in [5, 5.41) is 2.40. The van der Waals surface area contributed by atoms with E-state index in [1.165, 1.54) is 24.3 Å². The van der Waals surface area contributed by atoms with Gasteiger partial charge in [0.2, 0.25) is 0 Å². The molecule has 0 radical (unpaired) electrons. The largest absolute Gasteiger partial charge is 0.444 e. The second kappa shape index (κ2) is 5.80. The maximum Gasteiger partial charge on any atom is 0.408 e. The standard InChI is InChI=1S/C13H17F2NO2/c1-13(2,3)18-12(17)16-11(8-14)9-4-6-10(15)7-5-9/h4-7,11H,8H2,1-3H3,(H,16,17). The molecule has 0 spiro atoms. The van der Waals surface area contributed by atoms with Crippen LogP contribution in [0.3, 0.4) is 0 Å². The molecule has 1 amide bonds. The van der Waals surface area contributed by atoms with E-state index < -0.39 is 30.2 Å². The molecule has 1 unspecified atom stereocenters. The van der Waals surface area contributed by atoms with Crippen molar-refractivity contribution in [3.63, 3.8) is 0 Å². The lowest BCUT2D eigenvalue weighted by molar-refractivity contribution is 0.0495. The van der Waals surface area contributed by atoms with Gasteiger partial charge < -0.3 is 10.1 Å². The number of rotatable bonds is 3. The van der Waals surface area contributed by atoms with Crippen molar-refractivity contribution >= 4 is 6.09 Å². The summed E-state index contributed by atoms with van der Waals surface area (Å²) < 4.78 is 30.6. The van der Waals surface area contributed by atoms with Gasteiger partial charge in [0.15, 0.2) is 0 Å². The third-order valence-corrected chi connectivity index (χ3v) is 2.12. The van der Waals surface area contributed by atoms with Gasteiger partial charge in [-0.3, -0.25) is 0 Å². The number of carbonyl (C=O) groups excluding carboxylic acids is 1. The Morgan fingerprint density at radius 2 is 1.89 bits per heavy atom. The lowest BCUT2D eigenvalue weighted by atomic mass is 10.1. The van der Waals surface area contributed by atoms with Crippen LogP contribution in [0.1, 0.15) is 32.4 Å². The zero-order valence-electron chi connectivity index (χ0n) is 10.7. The minimum atomic E-state index is -0.833. The molecule has 0 fully saturated rings. The van der Waals surface area contributed by atoms with Gasteiger partial charge >= 0.3 is 6.09 Å². The third-order valence-electron chi connectivity index (χ3n) is 2.12. The molecule has 1 N–H and O–H groups in total. The van der Waals surface area contributed by atoms with E-state index >= 15 is 0 Å². The van der Waals surface area contributed by atoms with Gasteiger partial charge in [0.25, 0.3) is 0 Å². The first-order valence-electron chi connectivity index (χ1n) is 5.63. The second-order valence-electron chi connectivity index (χ2n) is 4.90. The Morgan fingerprint density at radius 1 is 1.33 bits per heavy atom. The molecule has 0 saturated heterocycles. The average Bonchev–Trinajstić information content (AvgIpc) is 2.25. The van der Waals surface area contributed by atoms with E-state index in [2.05, 4.69) is 5.32 Å². The highest BCUT2D eigenvalue weighted by Crippen LogP contribution is 2.15. The van der Waals surface area contributed by atoms with E-state index in [9.17, 15) is 13.6 Å². The third kappa shape index (κ3) is 4.69. The molecule has 0 aliphatic rings. The average molecular weight is 257 g/mol. The highest BCUT2D eigenvalue weighted by Gasteiger charge is 2.20. The molecule has 5 heteroatoms. The van der Waals surface area contributed by atoms with E-state index in [0.29, 0.717) is 5.56 Å². The maximum absolute atomic E-state index is 12.9. The number of hydrogen-bond donors (Lipinski definition) is 1. The summed E-state index contributed by atoms with van der Waals surface area (Å²) in [6.45, 7) is 4.36. The van der Waals surface area contributed by atoms with Crippen molar-refractivity contribution in [2.75, 3.05) is 6.67 Å². The molecule has 1 atom stereocenters. The van der Waals surface area contributed by atoms with Crippen LogP contribution in [-0.2, 0) is 4.74 Å². The minimum Gasteiger partial charge on any atom is -0.444 e.